The van der Waals surface area contributed by atoms with Gasteiger partial charge in [0.25, 0.3) is 15.5 Å². The molecule has 1 rings (SSSR count). The zero-order valence-corrected chi connectivity index (χ0v) is 8.69. The molecule has 0 saturated heterocycles. The third-order valence-electron chi connectivity index (χ3n) is 1.64. The van der Waals surface area contributed by atoms with E-state index < -0.39 is 25.9 Å². The van der Waals surface area contributed by atoms with Crippen LogP contribution >= 0.6 is 10.7 Å². The normalized spacial score (nSPS) is 11.4. The van der Waals surface area contributed by atoms with Gasteiger partial charge in [0, 0.05) is 16.2 Å². The first-order valence-electron chi connectivity index (χ1n) is 3.63. The van der Waals surface area contributed by atoms with Crippen LogP contribution < -0.4 is 0 Å². The number of hydrogen-bond donors (Lipinski definition) is 0. The quantitative estimate of drug-likeness (QED) is 0.759. The maximum absolute atomic E-state index is 12.4. The van der Waals surface area contributed by atoms with E-state index in [1.807, 2.05) is 0 Å². The van der Waals surface area contributed by atoms with E-state index in [1.165, 1.54) is 0 Å². The van der Waals surface area contributed by atoms with Crippen molar-refractivity contribution in [3.63, 3.8) is 0 Å². The number of nitrogens with zero attached hydrogens (tertiary/aromatic N) is 1. The topological polar surface area (TPSA) is 57.9 Å². The Bertz CT molecular complexity index is 522. The molecule has 1 aromatic carbocycles. The lowest BCUT2D eigenvalue weighted by Crippen LogP contribution is -1.99. The molecule has 0 aromatic heterocycles. The van der Waals surface area contributed by atoms with Crippen molar-refractivity contribution in [3.8, 4) is 6.07 Å². The molecular weight excluding hydrogens is 248 g/mol. The van der Waals surface area contributed by atoms with Gasteiger partial charge in [-0.25, -0.2) is 17.2 Å². The van der Waals surface area contributed by atoms with Gasteiger partial charge in [-0.05, 0) is 18.2 Å². The molecule has 7 heteroatoms. The number of hydrogen-bond acceptors (Lipinski definition) is 3. The first kappa shape index (κ1) is 11.9. The molecule has 0 spiro atoms. The van der Waals surface area contributed by atoms with Gasteiger partial charge in [0.2, 0.25) is 0 Å². The van der Waals surface area contributed by atoms with Gasteiger partial charge in [-0.1, -0.05) is 0 Å². The Balaban J connectivity index is 3.50. The fraction of sp³-hybridized carbons (Fsp3) is 0.125. The van der Waals surface area contributed by atoms with Crippen LogP contribution in [0.5, 0.6) is 0 Å². The van der Waals surface area contributed by atoms with Gasteiger partial charge in [0.15, 0.2) is 0 Å². The van der Waals surface area contributed by atoms with Crippen LogP contribution in [0.25, 0.3) is 0 Å². The van der Waals surface area contributed by atoms with Crippen molar-refractivity contribution < 1.29 is 17.2 Å². The number of rotatable bonds is 2. The van der Waals surface area contributed by atoms with Crippen molar-refractivity contribution in [2.45, 2.75) is 11.3 Å². The van der Waals surface area contributed by atoms with Crippen LogP contribution in [0.1, 0.15) is 17.6 Å². The highest BCUT2D eigenvalue weighted by Crippen LogP contribution is 2.29. The fourth-order valence-electron chi connectivity index (χ4n) is 1.01. The van der Waals surface area contributed by atoms with E-state index in [1.54, 1.807) is 6.07 Å². The minimum atomic E-state index is -4.22. The number of benzene rings is 1. The van der Waals surface area contributed by atoms with Crippen LogP contribution in [0, 0.1) is 11.3 Å². The van der Waals surface area contributed by atoms with Crippen LogP contribution in [0.15, 0.2) is 23.1 Å². The molecule has 80 valence electrons. The Kier molecular flexibility index (Phi) is 3.27. The molecular formula is C8H4ClF2NO2S. The second-order valence-corrected chi connectivity index (χ2v) is 5.14. The van der Waals surface area contributed by atoms with E-state index in [0.29, 0.717) is 0 Å². The van der Waals surface area contributed by atoms with Crippen molar-refractivity contribution >= 4 is 19.7 Å². The third kappa shape index (κ3) is 2.64. The Hall–Kier alpha value is -1.19. The molecule has 0 unspecified atom stereocenters. The highest BCUT2D eigenvalue weighted by Gasteiger charge is 2.21. The van der Waals surface area contributed by atoms with E-state index in [2.05, 4.69) is 0 Å². The van der Waals surface area contributed by atoms with E-state index in [9.17, 15) is 17.2 Å². The van der Waals surface area contributed by atoms with Crippen molar-refractivity contribution in [2.75, 3.05) is 0 Å². The Morgan fingerprint density at radius 1 is 1.40 bits per heavy atom. The SMILES string of the molecule is N#Cc1ccc(S(=O)(=O)Cl)c(C(F)F)c1. The van der Waals surface area contributed by atoms with Crippen molar-refractivity contribution in [1.29, 1.82) is 5.26 Å². The van der Waals surface area contributed by atoms with E-state index in [-0.39, 0.29) is 5.56 Å². The highest BCUT2D eigenvalue weighted by atomic mass is 35.7. The molecule has 3 nitrogen and oxygen atoms in total. The van der Waals surface area contributed by atoms with E-state index in [0.717, 1.165) is 18.2 Å². The van der Waals surface area contributed by atoms with Crippen LogP contribution in [0.4, 0.5) is 8.78 Å². The zero-order chi connectivity index (χ0) is 11.6. The van der Waals surface area contributed by atoms with Crippen LogP contribution in [0.3, 0.4) is 0 Å². The fourth-order valence-corrected chi connectivity index (χ4v) is 2.09. The monoisotopic (exact) mass is 251 g/mol. The van der Waals surface area contributed by atoms with Gasteiger partial charge in [-0.3, -0.25) is 0 Å². The highest BCUT2D eigenvalue weighted by molar-refractivity contribution is 8.13. The number of nitriles is 1. The predicted molar refractivity (Wildman–Crippen MR) is 49.2 cm³/mol. The average molecular weight is 252 g/mol. The minimum absolute atomic E-state index is 0.0469. The van der Waals surface area contributed by atoms with Gasteiger partial charge < -0.3 is 0 Å². The van der Waals surface area contributed by atoms with E-state index >= 15 is 0 Å². The molecule has 1 aromatic rings. The average Bonchev–Trinajstić information content (AvgIpc) is 2.15. The summed E-state index contributed by atoms with van der Waals surface area (Å²) in [6, 6.07) is 4.44. The molecule has 0 heterocycles. The smallest absolute Gasteiger partial charge is 0.207 e. The summed E-state index contributed by atoms with van der Waals surface area (Å²) in [5.41, 5.74) is -0.807. The number of alkyl halides is 2. The van der Waals surface area contributed by atoms with Gasteiger partial charge in [0.05, 0.1) is 16.5 Å². The Labute approximate surface area is 89.3 Å². The molecule has 15 heavy (non-hydrogen) atoms. The first-order chi connectivity index (χ1) is 6.86. The van der Waals surface area contributed by atoms with E-state index in [4.69, 9.17) is 15.9 Å². The van der Waals surface area contributed by atoms with Crippen LogP contribution in [-0.4, -0.2) is 8.42 Å². The summed E-state index contributed by atoms with van der Waals surface area (Å²) in [6.07, 6.45) is -3.00. The maximum atomic E-state index is 12.4. The lowest BCUT2D eigenvalue weighted by atomic mass is 10.1. The zero-order valence-electron chi connectivity index (χ0n) is 7.12. The largest absolute Gasteiger partial charge is 0.265 e. The van der Waals surface area contributed by atoms with Gasteiger partial charge in [-0.15, -0.1) is 0 Å². The van der Waals surface area contributed by atoms with Crippen molar-refractivity contribution in [1.82, 2.24) is 0 Å². The van der Waals surface area contributed by atoms with Gasteiger partial charge in [-0.2, -0.15) is 5.26 Å². The maximum Gasteiger partial charge on any atom is 0.265 e. The molecule has 0 aliphatic carbocycles. The molecule has 0 aliphatic rings. The summed E-state index contributed by atoms with van der Waals surface area (Å²) in [5.74, 6) is 0. The molecule has 0 radical (unpaired) electrons. The van der Waals surface area contributed by atoms with Crippen LogP contribution in [0.2, 0.25) is 0 Å². The molecule has 0 bridgehead atoms. The van der Waals surface area contributed by atoms with Crippen LogP contribution in [-0.2, 0) is 9.05 Å². The summed E-state index contributed by atoms with van der Waals surface area (Å²) in [7, 11) is 0.739. The molecule has 0 N–H and O–H groups in total. The number of halogens is 3. The summed E-state index contributed by atoms with van der Waals surface area (Å²) in [4.78, 5) is -0.668. The Morgan fingerprint density at radius 3 is 2.40 bits per heavy atom. The summed E-state index contributed by atoms with van der Waals surface area (Å²) in [5, 5.41) is 8.46. The van der Waals surface area contributed by atoms with Crippen molar-refractivity contribution in [3.05, 3.63) is 29.3 Å². The summed E-state index contributed by atoms with van der Waals surface area (Å²) in [6.45, 7) is 0. The second-order valence-electron chi connectivity index (χ2n) is 2.60. The lowest BCUT2D eigenvalue weighted by molar-refractivity contribution is 0.148. The second kappa shape index (κ2) is 4.13. The Morgan fingerprint density at radius 2 is 2.00 bits per heavy atom. The molecule has 0 fully saturated rings. The summed E-state index contributed by atoms with van der Waals surface area (Å²) < 4.78 is 46.7. The molecule has 0 amide bonds. The van der Waals surface area contributed by atoms with Gasteiger partial charge >= 0.3 is 0 Å². The first-order valence-corrected chi connectivity index (χ1v) is 5.94. The minimum Gasteiger partial charge on any atom is -0.207 e. The molecule has 0 saturated carbocycles. The van der Waals surface area contributed by atoms with Gasteiger partial charge in [0.1, 0.15) is 0 Å². The molecule has 0 aliphatic heterocycles. The lowest BCUT2D eigenvalue weighted by Gasteiger charge is -2.05. The third-order valence-corrected chi connectivity index (χ3v) is 3.03. The predicted octanol–water partition coefficient (Wildman–Crippen LogP) is 2.42. The summed E-state index contributed by atoms with van der Waals surface area (Å²) >= 11 is 0. The standard InChI is InChI=1S/C8H4ClF2NO2S/c9-15(13,14)7-2-1-5(4-12)3-6(7)8(10)11/h1-3,8H. The molecule has 0 atom stereocenters. The van der Waals surface area contributed by atoms with Crippen molar-refractivity contribution in [2.24, 2.45) is 0 Å².